The highest BCUT2D eigenvalue weighted by atomic mass is 32.1. The van der Waals surface area contributed by atoms with Crippen LogP contribution in [0.5, 0.6) is 0 Å². The van der Waals surface area contributed by atoms with Gasteiger partial charge in [-0.25, -0.2) is 4.98 Å². The van der Waals surface area contributed by atoms with Gasteiger partial charge in [-0.3, -0.25) is 0 Å². The molecule has 1 unspecified atom stereocenters. The van der Waals surface area contributed by atoms with Crippen LogP contribution in [0.2, 0.25) is 0 Å². The van der Waals surface area contributed by atoms with Crippen LogP contribution in [0.1, 0.15) is 53.6 Å². The summed E-state index contributed by atoms with van der Waals surface area (Å²) in [5, 5.41) is 1.44. The molecule has 2 aliphatic carbocycles. The number of thiazole rings is 1. The maximum atomic E-state index is 4.75. The zero-order chi connectivity index (χ0) is 8.13. The summed E-state index contributed by atoms with van der Waals surface area (Å²) >= 11 is 1.99. The summed E-state index contributed by atoms with van der Waals surface area (Å²) in [6.45, 7) is 2.31. The number of aromatic nitrogens is 1. The largest absolute Gasteiger partial charge is 0.245 e. The van der Waals surface area contributed by atoms with Crippen molar-refractivity contribution in [1.29, 1.82) is 0 Å². The molecule has 0 N–H and O–H groups in total. The fraction of sp³-hybridized carbons (Fsp3) is 0.700. The van der Waals surface area contributed by atoms with E-state index in [1.807, 2.05) is 11.3 Å². The molecule has 0 spiro atoms. The van der Waals surface area contributed by atoms with Gasteiger partial charge in [0.05, 0.1) is 10.7 Å². The average Bonchev–Trinajstić information content (AvgIpc) is 2.73. The monoisotopic (exact) mass is 179 g/mol. The molecule has 1 aromatic heterocycles. The number of hydrogen-bond acceptors (Lipinski definition) is 2. The molecular formula is C10H13NS. The summed E-state index contributed by atoms with van der Waals surface area (Å²) in [5.41, 5.74) is 1.43. The normalized spacial score (nSPS) is 27.6. The zero-order valence-electron chi connectivity index (χ0n) is 7.34. The van der Waals surface area contributed by atoms with Crippen molar-refractivity contribution in [3.05, 3.63) is 15.6 Å². The summed E-state index contributed by atoms with van der Waals surface area (Å²) in [5.74, 6) is 1.59. The van der Waals surface area contributed by atoms with E-state index in [0.717, 1.165) is 11.8 Å². The molecule has 1 aromatic rings. The third-order valence-electron chi connectivity index (χ3n) is 2.94. The molecule has 1 atom stereocenters. The molecule has 0 saturated heterocycles. The first-order valence-electron chi connectivity index (χ1n) is 4.84. The lowest BCUT2D eigenvalue weighted by atomic mass is 10.1. The number of nitrogens with zero attached hydrogens (tertiary/aromatic N) is 1. The number of hydrogen-bond donors (Lipinski definition) is 0. The Kier molecular flexibility index (Phi) is 1.37. The predicted molar refractivity (Wildman–Crippen MR) is 50.8 cm³/mol. The number of fused-ring (bicyclic) bond motifs is 1. The van der Waals surface area contributed by atoms with Crippen molar-refractivity contribution < 1.29 is 0 Å². The predicted octanol–water partition coefficient (Wildman–Crippen LogP) is 3.07. The molecule has 2 aliphatic rings. The van der Waals surface area contributed by atoms with E-state index >= 15 is 0 Å². The van der Waals surface area contributed by atoms with Gasteiger partial charge < -0.3 is 0 Å². The molecule has 0 bridgehead atoms. The van der Waals surface area contributed by atoms with Crippen molar-refractivity contribution in [3.8, 4) is 0 Å². The lowest BCUT2D eigenvalue weighted by molar-refractivity contribution is 0.727. The van der Waals surface area contributed by atoms with Crippen LogP contribution >= 0.6 is 11.3 Å². The first-order chi connectivity index (χ1) is 5.84. The minimum Gasteiger partial charge on any atom is -0.245 e. The molecule has 0 amide bonds. The van der Waals surface area contributed by atoms with E-state index in [2.05, 4.69) is 6.92 Å². The van der Waals surface area contributed by atoms with Crippen molar-refractivity contribution in [2.75, 3.05) is 0 Å². The Balaban J connectivity index is 2.01. The molecule has 2 heteroatoms. The van der Waals surface area contributed by atoms with Crippen LogP contribution in [0.4, 0.5) is 0 Å². The molecule has 64 valence electrons. The fourth-order valence-electron chi connectivity index (χ4n) is 1.94. The van der Waals surface area contributed by atoms with E-state index in [0.29, 0.717) is 0 Å². The second-order valence-electron chi connectivity index (χ2n) is 4.07. The molecule has 1 saturated carbocycles. The summed E-state index contributed by atoms with van der Waals surface area (Å²) in [6, 6.07) is 0. The molecular weight excluding hydrogens is 166 g/mol. The van der Waals surface area contributed by atoms with E-state index in [-0.39, 0.29) is 0 Å². The van der Waals surface area contributed by atoms with Crippen LogP contribution in [0.15, 0.2) is 0 Å². The molecule has 12 heavy (non-hydrogen) atoms. The van der Waals surface area contributed by atoms with Crippen molar-refractivity contribution in [2.24, 2.45) is 0 Å². The first-order valence-corrected chi connectivity index (χ1v) is 5.65. The lowest BCUT2D eigenvalue weighted by Crippen LogP contribution is -1.87. The van der Waals surface area contributed by atoms with Gasteiger partial charge in [0.1, 0.15) is 0 Å². The Morgan fingerprint density at radius 1 is 1.33 bits per heavy atom. The van der Waals surface area contributed by atoms with Gasteiger partial charge in [-0.1, -0.05) is 6.92 Å². The quantitative estimate of drug-likeness (QED) is 0.645. The van der Waals surface area contributed by atoms with Gasteiger partial charge in [-0.15, -0.1) is 11.3 Å². The topological polar surface area (TPSA) is 12.9 Å². The summed E-state index contributed by atoms with van der Waals surface area (Å²) in [6.07, 6.45) is 5.40. The van der Waals surface area contributed by atoms with Crippen molar-refractivity contribution in [2.45, 2.75) is 44.4 Å². The van der Waals surface area contributed by atoms with Crippen LogP contribution < -0.4 is 0 Å². The highest BCUT2D eigenvalue weighted by molar-refractivity contribution is 7.11. The highest BCUT2D eigenvalue weighted by Gasteiger charge is 2.31. The third-order valence-corrected chi connectivity index (χ3v) is 4.24. The Labute approximate surface area is 76.8 Å². The number of aryl methyl sites for hydroxylation is 1. The minimum absolute atomic E-state index is 0.740. The smallest absolute Gasteiger partial charge is 0.0962 e. The maximum absolute atomic E-state index is 4.75. The van der Waals surface area contributed by atoms with Crippen LogP contribution in [0.25, 0.3) is 0 Å². The van der Waals surface area contributed by atoms with Gasteiger partial charge in [0.15, 0.2) is 0 Å². The maximum Gasteiger partial charge on any atom is 0.0962 e. The second kappa shape index (κ2) is 2.32. The van der Waals surface area contributed by atoms with Crippen LogP contribution in [-0.2, 0) is 6.42 Å². The Bertz CT molecular complexity index is 312. The van der Waals surface area contributed by atoms with Gasteiger partial charge in [0, 0.05) is 10.8 Å². The van der Waals surface area contributed by atoms with E-state index in [4.69, 9.17) is 4.98 Å². The zero-order valence-corrected chi connectivity index (χ0v) is 8.16. The van der Waals surface area contributed by atoms with Gasteiger partial charge in [-0.05, 0) is 31.6 Å². The van der Waals surface area contributed by atoms with Gasteiger partial charge in [0.25, 0.3) is 0 Å². The standard InChI is InChI=1S/C10H13NS/c1-6-2-5-8-9(6)11-10(12-8)7-3-4-7/h6-7H,2-5H2,1H3. The van der Waals surface area contributed by atoms with Crippen LogP contribution in [0.3, 0.4) is 0 Å². The van der Waals surface area contributed by atoms with E-state index in [1.54, 1.807) is 4.88 Å². The third kappa shape index (κ3) is 0.939. The molecule has 0 aromatic carbocycles. The van der Waals surface area contributed by atoms with Crippen LogP contribution in [-0.4, -0.2) is 4.98 Å². The summed E-state index contributed by atoms with van der Waals surface area (Å²) in [4.78, 5) is 6.34. The van der Waals surface area contributed by atoms with Gasteiger partial charge >= 0.3 is 0 Å². The fourth-order valence-corrected chi connectivity index (χ4v) is 3.31. The molecule has 1 fully saturated rings. The molecule has 1 heterocycles. The van der Waals surface area contributed by atoms with E-state index in [1.165, 1.54) is 36.4 Å². The molecule has 0 radical (unpaired) electrons. The Morgan fingerprint density at radius 2 is 2.17 bits per heavy atom. The van der Waals surface area contributed by atoms with E-state index in [9.17, 15) is 0 Å². The van der Waals surface area contributed by atoms with Gasteiger partial charge in [-0.2, -0.15) is 0 Å². The van der Waals surface area contributed by atoms with Crippen molar-refractivity contribution >= 4 is 11.3 Å². The molecule has 3 rings (SSSR count). The summed E-state index contributed by atoms with van der Waals surface area (Å²) < 4.78 is 0. The van der Waals surface area contributed by atoms with Crippen molar-refractivity contribution in [3.63, 3.8) is 0 Å². The van der Waals surface area contributed by atoms with Gasteiger partial charge in [0.2, 0.25) is 0 Å². The van der Waals surface area contributed by atoms with E-state index < -0.39 is 0 Å². The first kappa shape index (κ1) is 7.07. The van der Waals surface area contributed by atoms with Crippen molar-refractivity contribution in [1.82, 2.24) is 4.98 Å². The summed E-state index contributed by atoms with van der Waals surface area (Å²) in [7, 11) is 0. The molecule has 0 aliphatic heterocycles. The number of rotatable bonds is 1. The molecule has 1 nitrogen and oxygen atoms in total. The highest BCUT2D eigenvalue weighted by Crippen LogP contribution is 2.45. The lowest BCUT2D eigenvalue weighted by Gasteiger charge is -1.97. The Morgan fingerprint density at radius 3 is 2.83 bits per heavy atom. The van der Waals surface area contributed by atoms with Crippen LogP contribution in [0, 0.1) is 0 Å². The SMILES string of the molecule is CC1CCc2sc(C3CC3)nc21. The Hall–Kier alpha value is -0.370. The second-order valence-corrected chi connectivity index (χ2v) is 5.19. The average molecular weight is 179 g/mol. The minimum atomic E-state index is 0.740.